The maximum atomic E-state index is 11.8. The van der Waals surface area contributed by atoms with Gasteiger partial charge in [-0.15, -0.1) is 0 Å². The first-order valence-electron chi connectivity index (χ1n) is 5.92. The Bertz CT molecular complexity index is 496. The van der Waals surface area contributed by atoms with E-state index in [1.165, 1.54) is 7.11 Å². The summed E-state index contributed by atoms with van der Waals surface area (Å²) in [5.41, 5.74) is 2.64. The molecular weight excluding hydrogens is 328 g/mol. The molecule has 1 unspecified atom stereocenters. The second-order valence-corrected chi connectivity index (χ2v) is 5.19. The van der Waals surface area contributed by atoms with E-state index in [1.807, 2.05) is 26.0 Å². The van der Waals surface area contributed by atoms with Crippen LogP contribution in [0.5, 0.6) is 0 Å². The monoisotopic (exact) mass is 344 g/mol. The van der Waals surface area contributed by atoms with Crippen LogP contribution < -0.4 is 10.6 Å². The van der Waals surface area contributed by atoms with E-state index in [0.29, 0.717) is 5.69 Å². The van der Waals surface area contributed by atoms with Gasteiger partial charge in [-0.1, -0.05) is 6.07 Å². The van der Waals surface area contributed by atoms with Crippen LogP contribution in [0.15, 0.2) is 16.6 Å². The summed E-state index contributed by atoms with van der Waals surface area (Å²) < 4.78 is 5.49. The second kappa shape index (κ2) is 7.25. The number of carbonyl (C=O) groups excluding carboxylic acids is 1. The highest BCUT2D eigenvalue weighted by molar-refractivity contribution is 9.10. The molecule has 1 aromatic rings. The van der Waals surface area contributed by atoms with E-state index < -0.39 is 18.1 Å². The van der Waals surface area contributed by atoms with Crippen LogP contribution in [0.4, 0.5) is 10.5 Å². The van der Waals surface area contributed by atoms with E-state index in [1.54, 1.807) is 0 Å². The van der Waals surface area contributed by atoms with Gasteiger partial charge in [0.15, 0.2) is 6.10 Å². The molecular formula is C13H17BrN2O4. The number of anilines is 1. The smallest absolute Gasteiger partial charge is 0.334 e. The molecule has 2 amide bonds. The molecule has 6 nitrogen and oxygen atoms in total. The fraction of sp³-hybridized carbons (Fsp3) is 0.385. The lowest BCUT2D eigenvalue weighted by molar-refractivity contribution is -0.147. The van der Waals surface area contributed by atoms with Crippen molar-refractivity contribution >= 4 is 33.6 Å². The minimum Gasteiger partial charge on any atom is -0.479 e. The second-order valence-electron chi connectivity index (χ2n) is 4.34. The molecule has 110 valence electrons. The van der Waals surface area contributed by atoms with Gasteiger partial charge in [0.25, 0.3) is 0 Å². The fourth-order valence-electron chi connectivity index (χ4n) is 1.69. The molecule has 0 bridgehead atoms. The number of ether oxygens (including phenoxy) is 1. The number of benzene rings is 1. The third kappa shape index (κ3) is 4.50. The molecule has 1 aromatic carbocycles. The van der Waals surface area contributed by atoms with Gasteiger partial charge in [-0.3, -0.25) is 0 Å². The summed E-state index contributed by atoms with van der Waals surface area (Å²) in [6.07, 6.45) is -1.07. The Morgan fingerprint density at radius 1 is 1.40 bits per heavy atom. The molecule has 20 heavy (non-hydrogen) atoms. The zero-order valence-corrected chi connectivity index (χ0v) is 13.1. The number of carbonyl (C=O) groups is 2. The van der Waals surface area contributed by atoms with Gasteiger partial charge in [0.1, 0.15) is 0 Å². The van der Waals surface area contributed by atoms with Gasteiger partial charge in [0, 0.05) is 11.6 Å². The third-order valence-corrected chi connectivity index (χ3v) is 3.30. The third-order valence-electron chi connectivity index (χ3n) is 2.68. The number of aliphatic carboxylic acids is 1. The molecule has 3 N–H and O–H groups in total. The van der Waals surface area contributed by atoms with Crippen LogP contribution in [0.25, 0.3) is 0 Å². The van der Waals surface area contributed by atoms with Crippen LogP contribution in [0.3, 0.4) is 0 Å². The van der Waals surface area contributed by atoms with Crippen LogP contribution in [0, 0.1) is 13.8 Å². The van der Waals surface area contributed by atoms with Crippen LogP contribution in [0.2, 0.25) is 0 Å². The van der Waals surface area contributed by atoms with Gasteiger partial charge < -0.3 is 20.5 Å². The number of carboxylic acids is 1. The van der Waals surface area contributed by atoms with Gasteiger partial charge in [0.2, 0.25) is 0 Å². The summed E-state index contributed by atoms with van der Waals surface area (Å²) in [6, 6.07) is 3.34. The van der Waals surface area contributed by atoms with Crippen LogP contribution in [-0.2, 0) is 9.53 Å². The van der Waals surface area contributed by atoms with Crippen LogP contribution >= 0.6 is 15.9 Å². The Kier molecular flexibility index (Phi) is 5.97. The predicted molar refractivity (Wildman–Crippen MR) is 79.1 cm³/mol. The molecule has 0 saturated carbocycles. The van der Waals surface area contributed by atoms with E-state index in [2.05, 4.69) is 26.6 Å². The number of nitrogens with one attached hydrogen (secondary N) is 2. The summed E-state index contributed by atoms with van der Waals surface area (Å²) in [5, 5.41) is 13.9. The number of methoxy groups -OCH3 is 1. The number of aryl methyl sites for hydroxylation is 2. The van der Waals surface area contributed by atoms with Crippen LogP contribution in [-0.4, -0.2) is 36.9 Å². The lowest BCUT2D eigenvalue weighted by Gasteiger charge is -2.14. The Hall–Kier alpha value is -1.60. The molecule has 0 aliphatic heterocycles. The van der Waals surface area contributed by atoms with Gasteiger partial charge in [-0.25, -0.2) is 9.59 Å². The van der Waals surface area contributed by atoms with E-state index in [0.717, 1.165) is 15.6 Å². The lowest BCUT2D eigenvalue weighted by atomic mass is 10.1. The SMILES string of the molecule is COC(CNC(=O)Nc1c(C)cc(C)cc1Br)C(=O)O. The van der Waals surface area contributed by atoms with Crippen molar-refractivity contribution in [1.82, 2.24) is 5.32 Å². The molecule has 0 radical (unpaired) electrons. The summed E-state index contributed by atoms with van der Waals surface area (Å²) in [7, 11) is 1.28. The topological polar surface area (TPSA) is 87.7 Å². The summed E-state index contributed by atoms with van der Waals surface area (Å²) in [5.74, 6) is -1.12. The minimum atomic E-state index is -1.12. The first-order chi connectivity index (χ1) is 9.35. The Morgan fingerprint density at radius 2 is 2.05 bits per heavy atom. The highest BCUT2D eigenvalue weighted by atomic mass is 79.9. The van der Waals surface area contributed by atoms with Gasteiger partial charge in [-0.05, 0) is 47.0 Å². The summed E-state index contributed by atoms with van der Waals surface area (Å²) in [4.78, 5) is 22.5. The zero-order chi connectivity index (χ0) is 15.3. The number of halogens is 1. The average Bonchev–Trinajstić information content (AvgIpc) is 2.34. The van der Waals surface area contributed by atoms with Crippen molar-refractivity contribution in [2.45, 2.75) is 20.0 Å². The average molecular weight is 345 g/mol. The first-order valence-corrected chi connectivity index (χ1v) is 6.71. The van der Waals surface area contributed by atoms with Crippen molar-refractivity contribution in [2.75, 3.05) is 19.0 Å². The van der Waals surface area contributed by atoms with Crippen molar-refractivity contribution in [1.29, 1.82) is 0 Å². The molecule has 0 fully saturated rings. The highest BCUT2D eigenvalue weighted by Gasteiger charge is 2.17. The molecule has 0 aromatic heterocycles. The van der Waals surface area contributed by atoms with E-state index in [4.69, 9.17) is 9.84 Å². The largest absolute Gasteiger partial charge is 0.479 e. The van der Waals surface area contributed by atoms with Gasteiger partial charge >= 0.3 is 12.0 Å². The first kappa shape index (κ1) is 16.5. The number of hydrogen-bond acceptors (Lipinski definition) is 3. The van der Waals surface area contributed by atoms with Crippen molar-refractivity contribution in [2.24, 2.45) is 0 Å². The Balaban J connectivity index is 2.66. The molecule has 0 aliphatic rings. The molecule has 0 aliphatic carbocycles. The summed E-state index contributed by atoms with van der Waals surface area (Å²) >= 11 is 3.38. The van der Waals surface area contributed by atoms with Crippen molar-refractivity contribution < 1.29 is 19.4 Å². The van der Waals surface area contributed by atoms with E-state index in [-0.39, 0.29) is 6.54 Å². The standard InChI is InChI=1S/C13H17BrN2O4/c1-7-4-8(2)11(9(14)5-7)16-13(19)15-6-10(20-3)12(17)18/h4-5,10H,6H2,1-3H3,(H,17,18)(H2,15,16,19). The number of hydrogen-bond donors (Lipinski definition) is 3. The highest BCUT2D eigenvalue weighted by Crippen LogP contribution is 2.27. The van der Waals surface area contributed by atoms with Gasteiger partial charge in [0.05, 0.1) is 12.2 Å². The van der Waals surface area contributed by atoms with Crippen molar-refractivity contribution in [3.63, 3.8) is 0 Å². The normalized spacial score (nSPS) is 11.8. The van der Waals surface area contributed by atoms with Crippen molar-refractivity contribution in [3.8, 4) is 0 Å². The minimum absolute atomic E-state index is 0.111. The summed E-state index contributed by atoms with van der Waals surface area (Å²) in [6.45, 7) is 3.72. The van der Waals surface area contributed by atoms with Crippen LogP contribution in [0.1, 0.15) is 11.1 Å². The van der Waals surface area contributed by atoms with E-state index in [9.17, 15) is 9.59 Å². The molecule has 1 rings (SSSR count). The predicted octanol–water partition coefficient (Wildman–Crippen LogP) is 2.29. The molecule has 1 atom stereocenters. The molecule has 0 heterocycles. The fourth-order valence-corrected chi connectivity index (χ4v) is 2.46. The number of carboxylic acid groups (broad SMARTS) is 1. The quantitative estimate of drug-likeness (QED) is 0.764. The zero-order valence-electron chi connectivity index (χ0n) is 11.5. The van der Waals surface area contributed by atoms with Crippen molar-refractivity contribution in [3.05, 3.63) is 27.7 Å². The molecule has 7 heteroatoms. The maximum Gasteiger partial charge on any atom is 0.334 e. The number of amides is 2. The molecule has 0 spiro atoms. The number of rotatable bonds is 5. The maximum absolute atomic E-state index is 11.8. The Labute approximate surface area is 125 Å². The lowest BCUT2D eigenvalue weighted by Crippen LogP contribution is -2.39. The van der Waals surface area contributed by atoms with E-state index >= 15 is 0 Å². The Morgan fingerprint density at radius 3 is 2.55 bits per heavy atom. The number of urea groups is 1. The molecule has 0 saturated heterocycles. The van der Waals surface area contributed by atoms with Gasteiger partial charge in [-0.2, -0.15) is 0 Å².